The lowest BCUT2D eigenvalue weighted by Gasteiger charge is -2.11. The van der Waals surface area contributed by atoms with E-state index < -0.39 is 10.0 Å². The van der Waals surface area contributed by atoms with Crippen LogP contribution < -0.4 is 4.72 Å². The summed E-state index contributed by atoms with van der Waals surface area (Å²) in [5.41, 5.74) is 1.25. The highest BCUT2D eigenvalue weighted by molar-refractivity contribution is 7.93. The largest absolute Gasteiger partial charge is 0.279 e. The summed E-state index contributed by atoms with van der Waals surface area (Å²) < 4.78 is 29.6. The van der Waals surface area contributed by atoms with Crippen molar-refractivity contribution >= 4 is 27.3 Å². The molecule has 0 saturated heterocycles. The van der Waals surface area contributed by atoms with Gasteiger partial charge in [-0.05, 0) is 19.1 Å². The minimum atomic E-state index is -3.92. The van der Waals surface area contributed by atoms with Crippen molar-refractivity contribution in [3.63, 3.8) is 0 Å². The number of aryl methyl sites for hydroxylation is 2. The molecule has 0 amide bonds. The first kappa shape index (κ1) is 18.4. The molecule has 10 heteroatoms. The molecule has 1 aromatic carbocycles. The highest BCUT2D eigenvalue weighted by atomic mass is 35.5. The molecule has 0 fully saturated rings. The van der Waals surface area contributed by atoms with Crippen molar-refractivity contribution < 1.29 is 8.42 Å². The number of hydrogen-bond acceptors (Lipinski definition) is 5. The molecule has 2 N–H and O–H groups in total. The van der Waals surface area contributed by atoms with Crippen molar-refractivity contribution in [3.8, 4) is 11.4 Å². The Morgan fingerprint density at radius 3 is 2.54 bits per heavy atom. The zero-order valence-corrected chi connectivity index (χ0v) is 16.4. The van der Waals surface area contributed by atoms with Crippen LogP contribution >= 0.6 is 11.6 Å². The fourth-order valence-corrected chi connectivity index (χ4v) is 4.36. The number of nitrogens with zero attached hydrogens (tertiary/aromatic N) is 4. The van der Waals surface area contributed by atoms with Gasteiger partial charge in [0.2, 0.25) is 0 Å². The molecular weight excluding hydrogens is 376 g/mol. The van der Waals surface area contributed by atoms with Gasteiger partial charge in [0.15, 0.2) is 5.82 Å². The van der Waals surface area contributed by atoms with Gasteiger partial charge in [0, 0.05) is 18.5 Å². The zero-order chi connectivity index (χ0) is 19.1. The van der Waals surface area contributed by atoms with Gasteiger partial charge < -0.3 is 0 Å². The van der Waals surface area contributed by atoms with Crippen molar-refractivity contribution in [1.29, 1.82) is 0 Å². The normalized spacial score (nSPS) is 11.9. The maximum Gasteiger partial charge on any atom is 0.266 e. The summed E-state index contributed by atoms with van der Waals surface area (Å²) in [4.78, 5) is 4.39. The number of H-pyrrole nitrogens is 1. The number of aromatic amines is 1. The molecule has 3 aromatic rings. The van der Waals surface area contributed by atoms with Crippen LogP contribution in [0.3, 0.4) is 0 Å². The molecule has 0 aliphatic rings. The molecular formula is C16H19ClN6O2S. The van der Waals surface area contributed by atoms with Gasteiger partial charge in [0.05, 0.1) is 11.4 Å². The van der Waals surface area contributed by atoms with E-state index in [2.05, 4.69) is 25.0 Å². The van der Waals surface area contributed by atoms with E-state index >= 15 is 0 Å². The number of rotatable bonds is 5. The van der Waals surface area contributed by atoms with Gasteiger partial charge in [-0.1, -0.05) is 37.6 Å². The Hall–Kier alpha value is -2.39. The maximum absolute atomic E-state index is 12.9. The first-order chi connectivity index (χ1) is 12.2. The van der Waals surface area contributed by atoms with Crippen molar-refractivity contribution in [2.45, 2.75) is 31.6 Å². The van der Waals surface area contributed by atoms with Crippen molar-refractivity contribution in [3.05, 3.63) is 40.9 Å². The Morgan fingerprint density at radius 1 is 1.27 bits per heavy atom. The summed E-state index contributed by atoms with van der Waals surface area (Å²) in [6.45, 7) is 5.58. The van der Waals surface area contributed by atoms with Crippen molar-refractivity contribution in [2.24, 2.45) is 7.05 Å². The minimum absolute atomic E-state index is 0.0469. The summed E-state index contributed by atoms with van der Waals surface area (Å²) in [6.07, 6.45) is 0. The highest BCUT2D eigenvalue weighted by Crippen LogP contribution is 2.30. The standard InChI is InChI=1S/C16H19ClN6O2S/c1-9(2)15-18-16(20-19-15)11-7-5-6-8-12(11)22-26(24,25)13-10(3)21-23(4)14(13)17/h5-9,22H,1-4H3,(H,18,19,20). The van der Waals surface area contributed by atoms with E-state index in [1.165, 1.54) is 4.68 Å². The third-order valence-corrected chi connectivity index (χ3v) is 5.89. The predicted octanol–water partition coefficient (Wildman–Crippen LogP) is 3.09. The minimum Gasteiger partial charge on any atom is -0.279 e. The third-order valence-electron chi connectivity index (χ3n) is 3.83. The monoisotopic (exact) mass is 394 g/mol. The van der Waals surface area contributed by atoms with Gasteiger partial charge in [0.1, 0.15) is 15.9 Å². The van der Waals surface area contributed by atoms with E-state index in [1.807, 2.05) is 13.8 Å². The molecule has 3 rings (SSSR count). The van der Waals surface area contributed by atoms with Crippen LogP contribution in [-0.2, 0) is 17.1 Å². The first-order valence-electron chi connectivity index (χ1n) is 7.94. The van der Waals surface area contributed by atoms with Gasteiger partial charge in [-0.2, -0.15) is 10.2 Å². The summed E-state index contributed by atoms with van der Waals surface area (Å²) in [6, 6.07) is 6.93. The molecule has 0 aliphatic heterocycles. The van der Waals surface area contributed by atoms with E-state index in [0.717, 1.165) is 5.82 Å². The SMILES string of the molecule is Cc1nn(C)c(Cl)c1S(=O)(=O)Nc1ccccc1-c1n[nH]c(C(C)C)n1. The fourth-order valence-electron chi connectivity index (χ4n) is 2.53. The summed E-state index contributed by atoms with van der Waals surface area (Å²) in [5.74, 6) is 1.32. The summed E-state index contributed by atoms with van der Waals surface area (Å²) >= 11 is 6.11. The van der Waals surface area contributed by atoms with Gasteiger partial charge in [-0.15, -0.1) is 0 Å². The summed E-state index contributed by atoms with van der Waals surface area (Å²) in [7, 11) is -2.34. The molecule has 26 heavy (non-hydrogen) atoms. The quantitative estimate of drug-likeness (QED) is 0.691. The second-order valence-corrected chi connectivity index (χ2v) is 8.16. The van der Waals surface area contributed by atoms with E-state index in [4.69, 9.17) is 11.6 Å². The molecule has 0 aliphatic carbocycles. The van der Waals surface area contributed by atoms with E-state index in [0.29, 0.717) is 22.8 Å². The number of sulfonamides is 1. The molecule has 0 bridgehead atoms. The van der Waals surface area contributed by atoms with E-state index in [9.17, 15) is 8.42 Å². The van der Waals surface area contributed by atoms with Crippen LogP contribution in [0.5, 0.6) is 0 Å². The summed E-state index contributed by atoms with van der Waals surface area (Å²) in [5, 5.41) is 11.2. The molecule has 2 aromatic heterocycles. The van der Waals surface area contributed by atoms with E-state index in [1.54, 1.807) is 38.2 Å². The second kappa shape index (κ2) is 6.73. The van der Waals surface area contributed by atoms with Gasteiger partial charge in [-0.25, -0.2) is 13.4 Å². The average Bonchev–Trinajstić information content (AvgIpc) is 3.13. The van der Waals surface area contributed by atoms with Crippen molar-refractivity contribution in [2.75, 3.05) is 4.72 Å². The van der Waals surface area contributed by atoms with Crippen LogP contribution in [0, 0.1) is 6.92 Å². The Morgan fingerprint density at radius 2 is 1.96 bits per heavy atom. The third kappa shape index (κ3) is 3.32. The molecule has 0 radical (unpaired) electrons. The number of hydrogen-bond donors (Lipinski definition) is 2. The van der Waals surface area contributed by atoms with Gasteiger partial charge >= 0.3 is 0 Å². The molecule has 0 atom stereocenters. The van der Waals surface area contributed by atoms with Crippen LogP contribution in [0.15, 0.2) is 29.2 Å². The molecule has 0 unspecified atom stereocenters. The number of benzene rings is 1. The predicted molar refractivity (Wildman–Crippen MR) is 99.7 cm³/mol. The molecule has 0 spiro atoms. The highest BCUT2D eigenvalue weighted by Gasteiger charge is 2.26. The van der Waals surface area contributed by atoms with Crippen LogP contribution in [0.25, 0.3) is 11.4 Å². The second-order valence-electron chi connectivity index (χ2n) is 6.18. The number of nitrogens with one attached hydrogen (secondary N) is 2. The Kier molecular flexibility index (Phi) is 4.76. The number of anilines is 1. The van der Waals surface area contributed by atoms with E-state index in [-0.39, 0.29) is 16.0 Å². The Bertz CT molecular complexity index is 1050. The topological polar surface area (TPSA) is 106 Å². The van der Waals surface area contributed by atoms with Gasteiger partial charge in [0.25, 0.3) is 10.0 Å². The number of aromatic nitrogens is 5. The first-order valence-corrected chi connectivity index (χ1v) is 9.80. The van der Waals surface area contributed by atoms with Gasteiger partial charge in [-0.3, -0.25) is 14.5 Å². The fraction of sp³-hybridized carbons (Fsp3) is 0.312. The zero-order valence-electron chi connectivity index (χ0n) is 14.8. The molecule has 0 saturated carbocycles. The lowest BCUT2D eigenvalue weighted by molar-refractivity contribution is 0.600. The number of halogens is 1. The lowest BCUT2D eigenvalue weighted by atomic mass is 10.1. The smallest absolute Gasteiger partial charge is 0.266 e. The molecule has 2 heterocycles. The average molecular weight is 395 g/mol. The molecule has 8 nitrogen and oxygen atoms in total. The Balaban J connectivity index is 2.03. The van der Waals surface area contributed by atoms with Crippen molar-refractivity contribution in [1.82, 2.24) is 25.0 Å². The lowest BCUT2D eigenvalue weighted by Crippen LogP contribution is -2.14. The molecule has 138 valence electrons. The number of para-hydroxylation sites is 1. The Labute approximate surface area is 156 Å². The van der Waals surface area contributed by atoms with Crippen LogP contribution in [0.1, 0.15) is 31.3 Å². The van der Waals surface area contributed by atoms with Crippen LogP contribution in [-0.4, -0.2) is 33.4 Å². The maximum atomic E-state index is 12.9. The van der Waals surface area contributed by atoms with Crippen LogP contribution in [0.2, 0.25) is 5.15 Å². The van der Waals surface area contributed by atoms with Crippen LogP contribution in [0.4, 0.5) is 5.69 Å².